The smallest absolute Gasteiger partial charge is 0.324 e. The van der Waals surface area contributed by atoms with Crippen molar-refractivity contribution in [1.29, 1.82) is 0 Å². The zero-order valence-corrected chi connectivity index (χ0v) is 9.01. The second-order valence-corrected chi connectivity index (χ2v) is 3.89. The van der Waals surface area contributed by atoms with Crippen LogP contribution in [0.25, 0.3) is 0 Å². The molecule has 0 aliphatic rings. The highest BCUT2D eigenvalue weighted by Crippen LogP contribution is 2.31. The number of benzene rings is 1. The van der Waals surface area contributed by atoms with Crippen LogP contribution in [0.3, 0.4) is 0 Å². The highest BCUT2D eigenvalue weighted by atomic mass is 19.4. The summed E-state index contributed by atoms with van der Waals surface area (Å²) in [6, 6.07) is 4.67. The Morgan fingerprint density at radius 2 is 2.06 bits per heavy atom. The van der Waals surface area contributed by atoms with E-state index in [1.54, 1.807) is 13.0 Å². The first kappa shape index (κ1) is 12.8. The molecule has 1 aromatic rings. The van der Waals surface area contributed by atoms with E-state index >= 15 is 0 Å². The number of alkyl halides is 3. The fourth-order valence-corrected chi connectivity index (χ4v) is 1.44. The van der Waals surface area contributed by atoms with Crippen LogP contribution in [0.2, 0.25) is 0 Å². The maximum absolute atomic E-state index is 12.4. The van der Waals surface area contributed by atoms with Crippen molar-refractivity contribution in [3.8, 4) is 0 Å². The molecule has 1 aromatic carbocycles. The third-order valence-electron chi connectivity index (χ3n) is 2.21. The predicted octanol–water partition coefficient (Wildman–Crippen LogP) is 3.67. The summed E-state index contributed by atoms with van der Waals surface area (Å²) >= 11 is 0. The van der Waals surface area contributed by atoms with Gasteiger partial charge in [0.1, 0.15) is 0 Å². The Morgan fingerprint density at radius 1 is 1.44 bits per heavy atom. The van der Waals surface area contributed by atoms with Gasteiger partial charge in [0.2, 0.25) is 0 Å². The van der Waals surface area contributed by atoms with Crippen molar-refractivity contribution in [2.45, 2.75) is 25.6 Å². The van der Waals surface area contributed by atoms with E-state index in [0.29, 0.717) is 12.0 Å². The van der Waals surface area contributed by atoms with E-state index in [-0.39, 0.29) is 0 Å². The molecule has 0 aromatic heterocycles. The second kappa shape index (κ2) is 4.70. The fourth-order valence-electron chi connectivity index (χ4n) is 1.44. The van der Waals surface area contributed by atoms with E-state index in [2.05, 4.69) is 6.58 Å². The topological polar surface area (TPSA) is 26.0 Å². The van der Waals surface area contributed by atoms with E-state index in [4.69, 9.17) is 5.73 Å². The normalized spacial score (nSPS) is 13.6. The van der Waals surface area contributed by atoms with Crippen molar-refractivity contribution in [1.82, 2.24) is 0 Å². The van der Waals surface area contributed by atoms with E-state index in [9.17, 15) is 13.2 Å². The molecule has 0 heterocycles. The van der Waals surface area contributed by atoms with Gasteiger partial charge in [0.25, 0.3) is 0 Å². The molecule has 0 radical (unpaired) electrons. The Hall–Kier alpha value is -1.29. The molecule has 0 spiro atoms. The monoisotopic (exact) mass is 229 g/mol. The quantitative estimate of drug-likeness (QED) is 0.786. The second-order valence-electron chi connectivity index (χ2n) is 3.89. The van der Waals surface area contributed by atoms with Crippen molar-refractivity contribution < 1.29 is 13.2 Å². The SMILES string of the molecule is C=C(C)CC(N)c1cccc(C(F)(F)F)c1. The van der Waals surface area contributed by atoms with Crippen LogP contribution in [0.5, 0.6) is 0 Å². The van der Waals surface area contributed by atoms with Crippen molar-refractivity contribution in [2.75, 3.05) is 0 Å². The van der Waals surface area contributed by atoms with E-state index in [0.717, 1.165) is 17.7 Å². The largest absolute Gasteiger partial charge is 0.416 e. The van der Waals surface area contributed by atoms with Crippen LogP contribution in [-0.2, 0) is 6.18 Å². The summed E-state index contributed by atoms with van der Waals surface area (Å²) in [5.41, 5.74) is 6.45. The van der Waals surface area contributed by atoms with Gasteiger partial charge in [-0.2, -0.15) is 13.2 Å². The van der Waals surface area contributed by atoms with Gasteiger partial charge in [0.15, 0.2) is 0 Å². The molecule has 4 heteroatoms. The number of halogens is 3. The van der Waals surface area contributed by atoms with Gasteiger partial charge in [-0.15, -0.1) is 6.58 Å². The lowest BCUT2D eigenvalue weighted by molar-refractivity contribution is -0.137. The Morgan fingerprint density at radius 3 is 2.56 bits per heavy atom. The van der Waals surface area contributed by atoms with Gasteiger partial charge < -0.3 is 5.73 Å². The molecule has 1 unspecified atom stereocenters. The molecule has 0 amide bonds. The van der Waals surface area contributed by atoms with Crippen LogP contribution >= 0.6 is 0 Å². The molecule has 1 rings (SSSR count). The van der Waals surface area contributed by atoms with E-state index in [1.165, 1.54) is 6.07 Å². The van der Waals surface area contributed by atoms with Crippen molar-refractivity contribution in [2.24, 2.45) is 5.73 Å². The number of hydrogen-bond acceptors (Lipinski definition) is 1. The average Bonchev–Trinajstić information content (AvgIpc) is 2.15. The van der Waals surface area contributed by atoms with Crippen molar-refractivity contribution in [3.63, 3.8) is 0 Å². The minimum atomic E-state index is -4.32. The highest BCUT2D eigenvalue weighted by Gasteiger charge is 2.30. The molecule has 16 heavy (non-hydrogen) atoms. The minimum Gasteiger partial charge on any atom is -0.324 e. The lowest BCUT2D eigenvalue weighted by Gasteiger charge is -2.14. The standard InChI is InChI=1S/C12H14F3N/c1-8(2)6-11(16)9-4-3-5-10(7-9)12(13,14)15/h3-5,7,11H,1,6,16H2,2H3. The maximum Gasteiger partial charge on any atom is 0.416 e. The third kappa shape index (κ3) is 3.38. The van der Waals surface area contributed by atoms with Crippen molar-refractivity contribution in [3.05, 3.63) is 47.5 Å². The molecule has 0 saturated heterocycles. The molecule has 1 nitrogen and oxygen atoms in total. The van der Waals surface area contributed by atoms with Gasteiger partial charge in [0, 0.05) is 6.04 Å². The van der Waals surface area contributed by atoms with Crippen LogP contribution in [-0.4, -0.2) is 0 Å². The summed E-state index contributed by atoms with van der Waals surface area (Å²) in [5.74, 6) is 0. The highest BCUT2D eigenvalue weighted by molar-refractivity contribution is 5.28. The van der Waals surface area contributed by atoms with Gasteiger partial charge in [0.05, 0.1) is 5.56 Å². The first-order valence-electron chi connectivity index (χ1n) is 4.88. The molecule has 0 saturated carbocycles. The van der Waals surface area contributed by atoms with Gasteiger partial charge in [-0.25, -0.2) is 0 Å². The van der Waals surface area contributed by atoms with Crippen LogP contribution in [0.15, 0.2) is 36.4 Å². The zero-order valence-electron chi connectivity index (χ0n) is 9.01. The lowest BCUT2D eigenvalue weighted by Crippen LogP contribution is -2.12. The van der Waals surface area contributed by atoms with Gasteiger partial charge in [-0.05, 0) is 31.0 Å². The summed E-state index contributed by atoms with van der Waals surface area (Å²) in [7, 11) is 0. The Labute approximate surface area is 92.8 Å². The average molecular weight is 229 g/mol. The summed E-state index contributed by atoms with van der Waals surface area (Å²) < 4.78 is 37.3. The molecule has 88 valence electrons. The maximum atomic E-state index is 12.4. The third-order valence-corrected chi connectivity index (χ3v) is 2.21. The molecule has 2 N–H and O–H groups in total. The van der Waals surface area contributed by atoms with Crippen LogP contribution in [0.4, 0.5) is 13.2 Å². The molecule has 0 bridgehead atoms. The zero-order chi connectivity index (χ0) is 12.3. The lowest BCUT2D eigenvalue weighted by atomic mass is 9.99. The van der Waals surface area contributed by atoms with Gasteiger partial charge >= 0.3 is 6.18 Å². The predicted molar refractivity (Wildman–Crippen MR) is 57.8 cm³/mol. The minimum absolute atomic E-state index is 0.431. The first-order chi connectivity index (χ1) is 7.30. The number of nitrogens with two attached hydrogens (primary N) is 1. The summed E-state index contributed by atoms with van der Waals surface area (Å²) in [5, 5.41) is 0. The Bertz CT molecular complexity index is 382. The molecular formula is C12H14F3N. The van der Waals surface area contributed by atoms with Gasteiger partial charge in [-0.1, -0.05) is 17.7 Å². The van der Waals surface area contributed by atoms with E-state index in [1.807, 2.05) is 0 Å². The van der Waals surface area contributed by atoms with Crippen LogP contribution in [0.1, 0.15) is 30.5 Å². The van der Waals surface area contributed by atoms with Crippen molar-refractivity contribution >= 4 is 0 Å². The van der Waals surface area contributed by atoms with Gasteiger partial charge in [-0.3, -0.25) is 0 Å². The first-order valence-corrected chi connectivity index (χ1v) is 4.88. The summed E-state index contributed by atoms with van der Waals surface area (Å²) in [6.45, 7) is 5.49. The number of hydrogen-bond donors (Lipinski definition) is 1. The molecule has 0 fully saturated rings. The number of rotatable bonds is 3. The summed E-state index contributed by atoms with van der Waals surface area (Å²) in [6.07, 6.45) is -3.83. The molecule has 0 aliphatic carbocycles. The Balaban J connectivity index is 2.94. The molecular weight excluding hydrogens is 215 g/mol. The Kier molecular flexibility index (Phi) is 3.75. The molecule has 1 atom stereocenters. The van der Waals surface area contributed by atoms with Crippen LogP contribution < -0.4 is 5.73 Å². The van der Waals surface area contributed by atoms with E-state index < -0.39 is 17.8 Å². The summed E-state index contributed by atoms with van der Waals surface area (Å²) in [4.78, 5) is 0. The molecule has 0 aliphatic heterocycles. The fraction of sp³-hybridized carbons (Fsp3) is 0.333. The van der Waals surface area contributed by atoms with Crippen LogP contribution in [0, 0.1) is 0 Å².